The van der Waals surface area contributed by atoms with Gasteiger partial charge in [0.05, 0.1) is 22.2 Å². The van der Waals surface area contributed by atoms with Gasteiger partial charge in [-0.15, -0.1) is 0 Å². The van der Waals surface area contributed by atoms with Crippen LogP contribution in [0.15, 0.2) is 23.1 Å². The number of nitrogens with one attached hydrogen (secondary N) is 1. The topological polar surface area (TPSA) is 81.4 Å². The maximum atomic E-state index is 12.1. The van der Waals surface area contributed by atoms with Gasteiger partial charge in [-0.25, -0.2) is 13.1 Å². The minimum absolute atomic E-state index is 0.0963. The molecule has 0 spiro atoms. The fourth-order valence-corrected chi connectivity index (χ4v) is 2.87. The third-order valence-electron chi connectivity index (χ3n) is 2.46. The Hall–Kier alpha value is -0.820. The monoisotopic (exact) mass is 292 g/mol. The molecule has 1 atom stereocenters. The van der Waals surface area contributed by atoms with Crippen LogP contribution in [0.3, 0.4) is 0 Å². The minimum atomic E-state index is -3.60. The van der Waals surface area contributed by atoms with Crippen molar-refractivity contribution < 1.29 is 13.2 Å². The summed E-state index contributed by atoms with van der Waals surface area (Å²) in [5, 5.41) is 0.331. The summed E-state index contributed by atoms with van der Waals surface area (Å²) in [5.41, 5.74) is 5.83. The minimum Gasteiger partial charge on any atom is -0.397 e. The molecule has 3 N–H and O–H groups in total. The van der Waals surface area contributed by atoms with Crippen molar-refractivity contribution in [1.82, 2.24) is 4.72 Å². The van der Waals surface area contributed by atoms with E-state index in [0.717, 1.165) is 0 Å². The molecule has 1 aromatic carbocycles. The number of nitrogen functional groups attached to an aromatic ring is 1. The van der Waals surface area contributed by atoms with Crippen LogP contribution in [0.2, 0.25) is 5.02 Å². The van der Waals surface area contributed by atoms with Crippen LogP contribution in [0.1, 0.15) is 13.3 Å². The maximum absolute atomic E-state index is 12.1. The maximum Gasteiger partial charge on any atom is 0.240 e. The normalized spacial score (nSPS) is 13.5. The molecule has 1 rings (SSSR count). The highest BCUT2D eigenvalue weighted by molar-refractivity contribution is 7.89. The summed E-state index contributed by atoms with van der Waals surface area (Å²) >= 11 is 5.75. The lowest BCUT2D eigenvalue weighted by Crippen LogP contribution is -2.37. The molecule has 0 fully saturated rings. The Morgan fingerprint density at radius 1 is 1.50 bits per heavy atom. The van der Waals surface area contributed by atoms with E-state index in [0.29, 0.717) is 18.1 Å². The number of halogens is 1. The van der Waals surface area contributed by atoms with Gasteiger partial charge in [0.15, 0.2) is 0 Å². The first-order chi connectivity index (χ1) is 8.40. The van der Waals surface area contributed by atoms with E-state index in [1.54, 1.807) is 0 Å². The highest BCUT2D eigenvalue weighted by atomic mass is 35.5. The van der Waals surface area contributed by atoms with Gasteiger partial charge in [0.2, 0.25) is 10.0 Å². The SMILES string of the molecule is CCC(COC)NS(=O)(=O)c1ccc(Cl)c(N)c1. The Morgan fingerprint density at radius 2 is 2.17 bits per heavy atom. The van der Waals surface area contributed by atoms with Gasteiger partial charge in [-0.05, 0) is 24.6 Å². The lowest BCUT2D eigenvalue weighted by molar-refractivity contribution is 0.173. The molecule has 18 heavy (non-hydrogen) atoms. The molecule has 102 valence electrons. The Balaban J connectivity index is 2.95. The van der Waals surface area contributed by atoms with Gasteiger partial charge in [-0.3, -0.25) is 0 Å². The highest BCUT2D eigenvalue weighted by Gasteiger charge is 2.19. The quantitative estimate of drug-likeness (QED) is 0.781. The molecule has 5 nitrogen and oxygen atoms in total. The molecule has 1 unspecified atom stereocenters. The molecule has 1 aromatic rings. The lowest BCUT2D eigenvalue weighted by Gasteiger charge is -2.16. The van der Waals surface area contributed by atoms with Crippen LogP contribution in [0.25, 0.3) is 0 Å². The fraction of sp³-hybridized carbons (Fsp3) is 0.455. The van der Waals surface area contributed by atoms with Gasteiger partial charge < -0.3 is 10.5 Å². The van der Waals surface area contributed by atoms with Crippen molar-refractivity contribution in [2.45, 2.75) is 24.3 Å². The van der Waals surface area contributed by atoms with Gasteiger partial charge in [0.1, 0.15) is 0 Å². The summed E-state index contributed by atoms with van der Waals surface area (Å²) in [4.78, 5) is 0.0963. The molecular weight excluding hydrogens is 276 g/mol. The molecule has 0 aromatic heterocycles. The molecule has 0 amide bonds. The van der Waals surface area contributed by atoms with E-state index in [-0.39, 0.29) is 16.6 Å². The lowest BCUT2D eigenvalue weighted by atomic mass is 10.3. The van der Waals surface area contributed by atoms with Crippen molar-refractivity contribution in [3.05, 3.63) is 23.2 Å². The third-order valence-corrected chi connectivity index (χ3v) is 4.32. The van der Waals surface area contributed by atoms with E-state index in [4.69, 9.17) is 22.1 Å². The first kappa shape index (κ1) is 15.2. The zero-order valence-corrected chi connectivity index (χ0v) is 11.9. The molecule has 0 radical (unpaired) electrons. The standard InChI is InChI=1S/C11H17ClN2O3S/c1-3-8(7-17-2)14-18(15,16)9-4-5-10(12)11(13)6-9/h4-6,8,14H,3,7,13H2,1-2H3. The number of hydrogen-bond donors (Lipinski definition) is 2. The van der Waals surface area contributed by atoms with E-state index < -0.39 is 10.0 Å². The second-order valence-corrected chi connectivity index (χ2v) is 5.99. The van der Waals surface area contributed by atoms with Crippen LogP contribution in [-0.2, 0) is 14.8 Å². The fourth-order valence-electron chi connectivity index (χ4n) is 1.41. The zero-order valence-electron chi connectivity index (χ0n) is 10.3. The van der Waals surface area contributed by atoms with Gasteiger partial charge in [-0.1, -0.05) is 18.5 Å². The molecule has 0 aliphatic heterocycles. The van der Waals surface area contributed by atoms with Crippen molar-refractivity contribution in [3.63, 3.8) is 0 Å². The molecule has 0 saturated heterocycles. The average Bonchev–Trinajstić information content (AvgIpc) is 2.31. The van der Waals surface area contributed by atoms with Gasteiger partial charge in [-0.2, -0.15) is 0 Å². The van der Waals surface area contributed by atoms with Gasteiger partial charge in [0.25, 0.3) is 0 Å². The summed E-state index contributed by atoms with van der Waals surface area (Å²) in [6.07, 6.45) is 0.635. The second-order valence-electron chi connectivity index (χ2n) is 3.87. The first-order valence-electron chi connectivity index (χ1n) is 5.47. The third kappa shape index (κ3) is 3.84. The number of rotatable bonds is 6. The Labute approximate surface area is 112 Å². The van der Waals surface area contributed by atoms with Crippen LogP contribution < -0.4 is 10.5 Å². The smallest absolute Gasteiger partial charge is 0.240 e. The zero-order chi connectivity index (χ0) is 13.8. The molecule has 0 aliphatic carbocycles. The van der Waals surface area contributed by atoms with Gasteiger partial charge >= 0.3 is 0 Å². The van der Waals surface area contributed by atoms with Crippen LogP contribution in [0.4, 0.5) is 5.69 Å². The Morgan fingerprint density at radius 3 is 2.67 bits per heavy atom. The predicted octanol–water partition coefficient (Wildman–Crippen LogP) is 1.63. The van der Waals surface area contributed by atoms with Crippen LogP contribution in [0.5, 0.6) is 0 Å². The average molecular weight is 293 g/mol. The number of sulfonamides is 1. The number of hydrogen-bond acceptors (Lipinski definition) is 4. The van der Waals surface area contributed by atoms with E-state index in [9.17, 15) is 8.42 Å². The van der Waals surface area contributed by atoms with E-state index >= 15 is 0 Å². The number of nitrogens with two attached hydrogens (primary N) is 1. The summed E-state index contributed by atoms with van der Waals surface area (Å²) in [5.74, 6) is 0. The molecule has 0 bridgehead atoms. The number of methoxy groups -OCH3 is 1. The molecular formula is C11H17ClN2O3S. The summed E-state index contributed by atoms with van der Waals surface area (Å²) in [6, 6.07) is 3.95. The molecule has 7 heteroatoms. The van der Waals surface area contributed by atoms with Gasteiger partial charge in [0, 0.05) is 13.2 Å². The predicted molar refractivity (Wildman–Crippen MR) is 72.1 cm³/mol. The van der Waals surface area contributed by atoms with Crippen molar-refractivity contribution >= 4 is 27.3 Å². The number of ether oxygens (including phenoxy) is 1. The Bertz CT molecular complexity index is 505. The number of benzene rings is 1. The first-order valence-corrected chi connectivity index (χ1v) is 7.33. The molecule has 0 heterocycles. The highest BCUT2D eigenvalue weighted by Crippen LogP contribution is 2.22. The molecule has 0 aliphatic rings. The van der Waals surface area contributed by atoms with E-state index in [1.807, 2.05) is 6.92 Å². The van der Waals surface area contributed by atoms with Crippen LogP contribution in [0, 0.1) is 0 Å². The summed E-state index contributed by atoms with van der Waals surface area (Å²) in [7, 11) is -2.08. The van der Waals surface area contributed by atoms with E-state index in [2.05, 4.69) is 4.72 Å². The number of anilines is 1. The van der Waals surface area contributed by atoms with Crippen molar-refractivity contribution in [2.75, 3.05) is 19.5 Å². The van der Waals surface area contributed by atoms with Crippen molar-refractivity contribution in [1.29, 1.82) is 0 Å². The Kier molecular flexibility index (Phi) is 5.40. The van der Waals surface area contributed by atoms with Crippen LogP contribution in [-0.4, -0.2) is 28.2 Å². The van der Waals surface area contributed by atoms with Crippen LogP contribution >= 0.6 is 11.6 Å². The second kappa shape index (κ2) is 6.38. The summed E-state index contributed by atoms with van der Waals surface area (Å²) in [6.45, 7) is 2.20. The van der Waals surface area contributed by atoms with Crippen molar-refractivity contribution in [2.24, 2.45) is 0 Å². The van der Waals surface area contributed by atoms with Crippen molar-refractivity contribution in [3.8, 4) is 0 Å². The summed E-state index contributed by atoms with van der Waals surface area (Å²) < 4.78 is 31.7. The van der Waals surface area contributed by atoms with E-state index in [1.165, 1.54) is 25.3 Å². The molecule has 0 saturated carbocycles. The largest absolute Gasteiger partial charge is 0.397 e.